The van der Waals surface area contributed by atoms with Crippen LogP contribution >= 0.6 is 0 Å². The van der Waals surface area contributed by atoms with E-state index in [2.05, 4.69) is 42.0 Å². The summed E-state index contributed by atoms with van der Waals surface area (Å²) in [6, 6.07) is 8.12. The van der Waals surface area contributed by atoms with Crippen LogP contribution < -0.4 is 21.3 Å². The van der Waals surface area contributed by atoms with Crippen molar-refractivity contribution in [3.8, 4) is 0 Å². The highest BCUT2D eigenvalue weighted by molar-refractivity contribution is 6.41. The second kappa shape index (κ2) is 23.2. The summed E-state index contributed by atoms with van der Waals surface area (Å²) in [6.07, 6.45) is 9.11. The van der Waals surface area contributed by atoms with Gasteiger partial charge in [-0.2, -0.15) is 0 Å². The maximum absolute atomic E-state index is 12.6. The molecule has 10 nitrogen and oxygen atoms in total. The van der Waals surface area contributed by atoms with Crippen LogP contribution in [-0.2, 0) is 25.6 Å². The quantitative estimate of drug-likeness (QED) is 0.124. The van der Waals surface area contributed by atoms with Crippen LogP contribution in [0.2, 0.25) is 0 Å². The van der Waals surface area contributed by atoms with Gasteiger partial charge in [0, 0.05) is 12.8 Å². The van der Waals surface area contributed by atoms with Crippen LogP contribution in [0.3, 0.4) is 0 Å². The first-order valence-electron chi connectivity index (χ1n) is 13.7. The van der Waals surface area contributed by atoms with Crippen molar-refractivity contribution in [2.45, 2.75) is 91.0 Å². The lowest BCUT2D eigenvalue weighted by atomic mass is 9.92. The normalized spacial score (nSPS) is 10.9. The summed E-state index contributed by atoms with van der Waals surface area (Å²) in [5.74, 6) is -1.90. The molecule has 0 spiro atoms. The van der Waals surface area contributed by atoms with E-state index in [-0.39, 0.29) is 31.9 Å². The van der Waals surface area contributed by atoms with Gasteiger partial charge >= 0.3 is 7.12 Å². The first kappa shape index (κ1) is 35.1. The highest BCUT2D eigenvalue weighted by Crippen LogP contribution is 2.08. The summed E-state index contributed by atoms with van der Waals surface area (Å²) in [6.45, 7) is 5.79. The SMILES string of the molecule is CCC.CCCCCCCCCC(=O)NCC(=O)NC(Cc1ccccc1)C(=O)NCC(=O)NCB(O)O. The van der Waals surface area contributed by atoms with Crippen molar-refractivity contribution in [1.29, 1.82) is 0 Å². The van der Waals surface area contributed by atoms with Crippen LogP contribution in [0.15, 0.2) is 30.3 Å². The molecule has 1 unspecified atom stereocenters. The molecular weight excluding hydrogens is 487 g/mol. The van der Waals surface area contributed by atoms with Gasteiger partial charge in [-0.25, -0.2) is 0 Å². The number of amides is 4. The molecule has 11 heteroatoms. The van der Waals surface area contributed by atoms with E-state index in [4.69, 9.17) is 10.0 Å². The van der Waals surface area contributed by atoms with Crippen LogP contribution in [0, 0.1) is 0 Å². The Morgan fingerprint density at radius 3 is 1.95 bits per heavy atom. The molecule has 0 aliphatic rings. The fourth-order valence-corrected chi connectivity index (χ4v) is 3.37. The van der Waals surface area contributed by atoms with Gasteiger partial charge in [0.2, 0.25) is 23.6 Å². The van der Waals surface area contributed by atoms with Crippen LogP contribution in [0.4, 0.5) is 0 Å². The number of carbonyl (C=O) groups excluding carboxylic acids is 4. The number of unbranched alkanes of at least 4 members (excludes halogenated alkanes) is 6. The van der Waals surface area contributed by atoms with Crippen molar-refractivity contribution >= 4 is 30.7 Å². The summed E-state index contributed by atoms with van der Waals surface area (Å²) in [4.78, 5) is 48.8. The van der Waals surface area contributed by atoms with Gasteiger partial charge in [0.15, 0.2) is 0 Å². The fraction of sp³-hybridized carbons (Fsp3) is 0.630. The van der Waals surface area contributed by atoms with Crippen LogP contribution in [0.25, 0.3) is 0 Å². The minimum Gasteiger partial charge on any atom is -0.426 e. The van der Waals surface area contributed by atoms with Gasteiger partial charge in [0.25, 0.3) is 0 Å². The average Bonchev–Trinajstić information content (AvgIpc) is 2.89. The highest BCUT2D eigenvalue weighted by Gasteiger charge is 2.22. The molecule has 0 bridgehead atoms. The third-order valence-electron chi connectivity index (χ3n) is 5.29. The molecule has 0 heterocycles. The number of carbonyl (C=O) groups is 4. The molecular formula is C27H47BN4O6. The van der Waals surface area contributed by atoms with E-state index in [0.29, 0.717) is 6.42 Å². The Kier molecular flexibility index (Phi) is 21.4. The summed E-state index contributed by atoms with van der Waals surface area (Å²) < 4.78 is 0. The Bertz CT molecular complexity index is 795. The molecule has 0 radical (unpaired) electrons. The number of hydrogen-bond donors (Lipinski definition) is 6. The van der Waals surface area contributed by atoms with Crippen LogP contribution in [0.1, 0.15) is 84.1 Å². The average molecular weight is 535 g/mol. The molecule has 38 heavy (non-hydrogen) atoms. The smallest absolute Gasteiger partial charge is 0.426 e. The van der Waals surface area contributed by atoms with E-state index in [1.165, 1.54) is 32.1 Å². The largest absolute Gasteiger partial charge is 0.472 e. The van der Waals surface area contributed by atoms with Crippen LogP contribution in [-0.4, -0.2) is 66.4 Å². The first-order chi connectivity index (χ1) is 18.2. The summed E-state index contributed by atoms with van der Waals surface area (Å²) in [7, 11) is -1.69. The second-order valence-corrected chi connectivity index (χ2v) is 9.17. The molecule has 1 aromatic carbocycles. The van der Waals surface area contributed by atoms with Crippen molar-refractivity contribution in [3.63, 3.8) is 0 Å². The highest BCUT2D eigenvalue weighted by atomic mass is 16.4. The van der Waals surface area contributed by atoms with E-state index in [1.807, 2.05) is 30.3 Å². The Morgan fingerprint density at radius 2 is 1.34 bits per heavy atom. The molecule has 214 valence electrons. The lowest BCUT2D eigenvalue weighted by Gasteiger charge is -2.19. The predicted molar refractivity (Wildman–Crippen MR) is 150 cm³/mol. The third kappa shape index (κ3) is 20.2. The van der Waals surface area contributed by atoms with Crippen molar-refractivity contribution in [2.75, 3.05) is 19.5 Å². The van der Waals surface area contributed by atoms with E-state index < -0.39 is 30.9 Å². The molecule has 1 aromatic rings. The number of hydrogen-bond acceptors (Lipinski definition) is 6. The van der Waals surface area contributed by atoms with Gasteiger partial charge in [0.05, 0.1) is 19.5 Å². The van der Waals surface area contributed by atoms with Crippen molar-refractivity contribution in [2.24, 2.45) is 0 Å². The zero-order chi connectivity index (χ0) is 28.6. The lowest BCUT2D eigenvalue weighted by molar-refractivity contribution is -0.130. The van der Waals surface area contributed by atoms with Gasteiger partial charge < -0.3 is 31.3 Å². The van der Waals surface area contributed by atoms with Gasteiger partial charge in [0.1, 0.15) is 6.04 Å². The summed E-state index contributed by atoms with van der Waals surface area (Å²) >= 11 is 0. The molecule has 4 amide bonds. The number of benzene rings is 1. The molecule has 6 N–H and O–H groups in total. The summed E-state index contributed by atoms with van der Waals surface area (Å²) in [5.41, 5.74) is 0.809. The van der Waals surface area contributed by atoms with Crippen molar-refractivity contribution in [3.05, 3.63) is 35.9 Å². The number of rotatable bonds is 18. The standard InChI is InChI=1S/C24H39BN4O6.C3H8/c1-2-3-4-5-6-7-11-14-21(30)26-17-23(32)29-20(15-19-12-9-8-10-13-19)24(33)27-16-22(31)28-18-25(34)35;1-3-2/h8-10,12-13,20,34-35H,2-7,11,14-18H2,1H3,(H,26,30)(H,27,33)(H,28,31)(H,29,32);3H2,1-2H3. The third-order valence-corrected chi connectivity index (χ3v) is 5.29. The second-order valence-electron chi connectivity index (χ2n) is 9.17. The van der Waals surface area contributed by atoms with Crippen molar-refractivity contribution < 1.29 is 29.2 Å². The fourth-order valence-electron chi connectivity index (χ4n) is 3.37. The molecule has 0 aliphatic heterocycles. The van der Waals surface area contributed by atoms with Gasteiger partial charge in [-0.15, -0.1) is 0 Å². The minimum atomic E-state index is -1.69. The maximum atomic E-state index is 12.6. The van der Waals surface area contributed by atoms with E-state index >= 15 is 0 Å². The van der Waals surface area contributed by atoms with Gasteiger partial charge in [-0.3, -0.25) is 19.2 Å². The van der Waals surface area contributed by atoms with Crippen molar-refractivity contribution in [1.82, 2.24) is 21.3 Å². The molecule has 0 aliphatic carbocycles. The van der Waals surface area contributed by atoms with Gasteiger partial charge in [-0.1, -0.05) is 96.0 Å². The zero-order valence-corrected chi connectivity index (χ0v) is 23.3. The van der Waals surface area contributed by atoms with E-state index in [1.54, 1.807) is 0 Å². The van der Waals surface area contributed by atoms with Crippen LogP contribution in [0.5, 0.6) is 0 Å². The number of nitrogens with one attached hydrogen (secondary N) is 4. The Morgan fingerprint density at radius 1 is 0.763 bits per heavy atom. The minimum absolute atomic E-state index is 0.196. The summed E-state index contributed by atoms with van der Waals surface area (Å²) in [5, 5.41) is 27.5. The maximum Gasteiger partial charge on any atom is 0.472 e. The molecule has 0 saturated carbocycles. The molecule has 0 saturated heterocycles. The molecule has 1 rings (SSSR count). The molecule has 0 aromatic heterocycles. The van der Waals surface area contributed by atoms with E-state index in [9.17, 15) is 19.2 Å². The molecule has 1 atom stereocenters. The first-order valence-corrected chi connectivity index (χ1v) is 13.7. The monoisotopic (exact) mass is 534 g/mol. The lowest BCUT2D eigenvalue weighted by Crippen LogP contribution is -2.52. The van der Waals surface area contributed by atoms with Gasteiger partial charge in [-0.05, 0) is 12.0 Å². The molecule has 0 fully saturated rings. The topological polar surface area (TPSA) is 157 Å². The Hall–Kier alpha value is -2.92. The predicted octanol–water partition coefficient (Wildman–Crippen LogP) is 1.63. The zero-order valence-electron chi connectivity index (χ0n) is 23.3. The van der Waals surface area contributed by atoms with E-state index in [0.717, 1.165) is 24.8 Å². The Balaban J connectivity index is 0.00000434. The Labute approximate surface area is 227 Å².